The number of ether oxygens (including phenoxy) is 2. The Bertz CT molecular complexity index is 959. The quantitative estimate of drug-likeness (QED) is 0.303. The normalized spacial score (nSPS) is 13.1. The van der Waals surface area contributed by atoms with Gasteiger partial charge in [0.05, 0.1) is 6.54 Å². The lowest BCUT2D eigenvalue weighted by atomic mass is 9.84. The molecule has 3 rings (SSSR count). The maximum absolute atomic E-state index is 12.0. The van der Waals surface area contributed by atoms with Gasteiger partial charge in [0.2, 0.25) is 0 Å². The number of hydrogen-bond donors (Lipinski definition) is 2. The van der Waals surface area contributed by atoms with Crippen LogP contribution in [0.25, 0.3) is 0 Å². The van der Waals surface area contributed by atoms with Gasteiger partial charge >= 0.3 is 0 Å². The van der Waals surface area contributed by atoms with E-state index in [1.165, 1.54) is 5.56 Å². The fraction of sp³-hybridized carbons (Fsp3) is 0.440. The Morgan fingerprint density at radius 3 is 2.33 bits per heavy atom. The maximum Gasteiger partial charge on any atom is 0.253 e. The molecule has 0 spiro atoms. The molecule has 2 aromatic rings. The molecule has 0 radical (unpaired) electrons. The highest BCUT2D eigenvalue weighted by Crippen LogP contribution is 2.34. The van der Waals surface area contributed by atoms with Gasteiger partial charge in [0.25, 0.3) is 5.91 Å². The fourth-order valence-electron chi connectivity index (χ4n) is 3.39. The molecule has 0 fully saturated rings. The van der Waals surface area contributed by atoms with Crippen LogP contribution in [0, 0.1) is 0 Å². The van der Waals surface area contributed by atoms with E-state index in [1.807, 2.05) is 37.3 Å². The SMILES string of the molecule is CCNC(=NCc1ccc(C(=O)N(C)C)cc1)NCC(C)(C)c1ccc2c(c1)OCCO2.I. The van der Waals surface area contributed by atoms with E-state index in [1.54, 1.807) is 19.0 Å². The molecule has 0 saturated carbocycles. The lowest BCUT2D eigenvalue weighted by Crippen LogP contribution is -2.43. The Labute approximate surface area is 214 Å². The van der Waals surface area contributed by atoms with Crippen molar-refractivity contribution in [2.75, 3.05) is 40.4 Å². The van der Waals surface area contributed by atoms with Crippen molar-refractivity contribution in [3.63, 3.8) is 0 Å². The van der Waals surface area contributed by atoms with Gasteiger partial charge in [-0.05, 0) is 42.3 Å². The van der Waals surface area contributed by atoms with Gasteiger partial charge in [-0.3, -0.25) is 4.79 Å². The number of fused-ring (bicyclic) bond motifs is 1. The molecule has 0 unspecified atom stereocenters. The third kappa shape index (κ3) is 7.25. The van der Waals surface area contributed by atoms with Crippen LogP contribution >= 0.6 is 24.0 Å². The molecule has 33 heavy (non-hydrogen) atoms. The zero-order valence-electron chi connectivity index (χ0n) is 20.1. The highest BCUT2D eigenvalue weighted by Gasteiger charge is 2.24. The van der Waals surface area contributed by atoms with Crippen LogP contribution in [-0.2, 0) is 12.0 Å². The molecule has 1 heterocycles. The van der Waals surface area contributed by atoms with E-state index in [-0.39, 0.29) is 35.3 Å². The summed E-state index contributed by atoms with van der Waals surface area (Å²) in [6.45, 7) is 9.60. The van der Waals surface area contributed by atoms with E-state index in [0.717, 1.165) is 29.6 Å². The number of aliphatic imine (C=N–C) groups is 1. The molecule has 180 valence electrons. The second-order valence-corrected chi connectivity index (χ2v) is 8.69. The number of nitrogens with zero attached hydrogens (tertiary/aromatic N) is 2. The zero-order chi connectivity index (χ0) is 23.1. The van der Waals surface area contributed by atoms with Crippen molar-refractivity contribution >= 4 is 35.8 Å². The molecule has 0 aliphatic carbocycles. The van der Waals surface area contributed by atoms with Crippen LogP contribution < -0.4 is 20.1 Å². The van der Waals surface area contributed by atoms with Gasteiger partial charge in [0.1, 0.15) is 13.2 Å². The summed E-state index contributed by atoms with van der Waals surface area (Å²) in [5, 5.41) is 6.77. The molecular formula is C25H35IN4O3. The van der Waals surface area contributed by atoms with Crippen LogP contribution in [0.4, 0.5) is 0 Å². The summed E-state index contributed by atoms with van der Waals surface area (Å²) < 4.78 is 11.4. The van der Waals surface area contributed by atoms with Crippen LogP contribution in [0.15, 0.2) is 47.5 Å². The largest absolute Gasteiger partial charge is 0.486 e. The highest BCUT2D eigenvalue weighted by atomic mass is 127. The van der Waals surface area contributed by atoms with E-state index in [2.05, 4.69) is 36.6 Å². The Kier molecular flexibility index (Phi) is 9.82. The molecule has 7 nitrogen and oxygen atoms in total. The van der Waals surface area contributed by atoms with Crippen LogP contribution in [0.3, 0.4) is 0 Å². The molecule has 2 N–H and O–H groups in total. The first-order chi connectivity index (χ1) is 15.3. The van der Waals surface area contributed by atoms with E-state index in [0.29, 0.717) is 31.9 Å². The van der Waals surface area contributed by atoms with Crippen LogP contribution in [0.1, 0.15) is 42.3 Å². The first-order valence-corrected chi connectivity index (χ1v) is 11.0. The number of guanidine groups is 1. The lowest BCUT2D eigenvalue weighted by Gasteiger charge is -2.28. The summed E-state index contributed by atoms with van der Waals surface area (Å²) in [5.41, 5.74) is 2.75. The highest BCUT2D eigenvalue weighted by molar-refractivity contribution is 14.0. The summed E-state index contributed by atoms with van der Waals surface area (Å²) in [6.07, 6.45) is 0. The number of hydrogen-bond acceptors (Lipinski definition) is 4. The summed E-state index contributed by atoms with van der Waals surface area (Å²) >= 11 is 0. The van der Waals surface area contributed by atoms with Crippen LogP contribution in [-0.4, -0.2) is 57.2 Å². The van der Waals surface area contributed by atoms with Gasteiger partial charge in [-0.1, -0.05) is 32.0 Å². The van der Waals surface area contributed by atoms with Gasteiger partial charge < -0.3 is 25.0 Å². The van der Waals surface area contributed by atoms with Crippen LogP contribution in [0.2, 0.25) is 0 Å². The average Bonchev–Trinajstić information content (AvgIpc) is 2.80. The van der Waals surface area contributed by atoms with Crippen molar-refractivity contribution in [2.45, 2.75) is 32.7 Å². The van der Waals surface area contributed by atoms with Gasteiger partial charge in [-0.2, -0.15) is 0 Å². The third-order valence-corrected chi connectivity index (χ3v) is 5.39. The number of carbonyl (C=O) groups excluding carboxylic acids is 1. The maximum atomic E-state index is 12.0. The summed E-state index contributed by atoms with van der Waals surface area (Å²) in [4.78, 5) is 18.3. The van der Waals surface area contributed by atoms with Crippen molar-refractivity contribution in [1.82, 2.24) is 15.5 Å². The van der Waals surface area contributed by atoms with E-state index >= 15 is 0 Å². The van der Waals surface area contributed by atoms with Crippen molar-refractivity contribution < 1.29 is 14.3 Å². The minimum absolute atomic E-state index is 0. The Morgan fingerprint density at radius 1 is 1.03 bits per heavy atom. The van der Waals surface area contributed by atoms with Gasteiger partial charge in [-0.25, -0.2) is 4.99 Å². The summed E-state index contributed by atoms with van der Waals surface area (Å²) in [5.74, 6) is 2.36. The summed E-state index contributed by atoms with van der Waals surface area (Å²) in [6, 6.07) is 13.7. The second kappa shape index (κ2) is 12.1. The number of halogens is 1. The molecular weight excluding hydrogens is 531 g/mol. The van der Waals surface area contributed by atoms with Crippen molar-refractivity contribution in [3.05, 3.63) is 59.2 Å². The molecule has 1 aliphatic rings. The minimum atomic E-state index is -0.139. The van der Waals surface area contributed by atoms with E-state index < -0.39 is 0 Å². The second-order valence-electron chi connectivity index (χ2n) is 8.69. The standard InChI is InChI=1S/C25H34N4O3.HI/c1-6-26-24(27-16-18-7-9-19(10-8-18)23(30)29(4)5)28-17-25(2,3)20-11-12-21-22(15-20)32-14-13-31-21;/h7-12,15H,6,13-14,16-17H2,1-5H3,(H2,26,27,28);1H. The molecule has 0 saturated heterocycles. The number of rotatable bonds is 7. The number of carbonyl (C=O) groups is 1. The van der Waals surface area contributed by atoms with Crippen molar-refractivity contribution in [2.24, 2.45) is 4.99 Å². The number of nitrogens with one attached hydrogen (secondary N) is 2. The Morgan fingerprint density at radius 2 is 1.70 bits per heavy atom. The third-order valence-electron chi connectivity index (χ3n) is 5.39. The molecule has 1 aliphatic heterocycles. The average molecular weight is 566 g/mol. The monoisotopic (exact) mass is 566 g/mol. The van der Waals surface area contributed by atoms with Crippen molar-refractivity contribution in [1.29, 1.82) is 0 Å². The molecule has 1 amide bonds. The van der Waals surface area contributed by atoms with E-state index in [9.17, 15) is 4.79 Å². The fourth-order valence-corrected chi connectivity index (χ4v) is 3.39. The molecule has 0 bridgehead atoms. The van der Waals surface area contributed by atoms with Crippen LogP contribution in [0.5, 0.6) is 11.5 Å². The number of benzene rings is 2. The van der Waals surface area contributed by atoms with Gasteiger partial charge in [0.15, 0.2) is 17.5 Å². The predicted octanol–water partition coefficient (Wildman–Crippen LogP) is 3.81. The van der Waals surface area contributed by atoms with Gasteiger partial charge in [0, 0.05) is 38.2 Å². The Balaban J connectivity index is 0.00000385. The molecule has 8 heteroatoms. The first-order valence-electron chi connectivity index (χ1n) is 11.0. The number of amides is 1. The van der Waals surface area contributed by atoms with Crippen molar-refractivity contribution in [3.8, 4) is 11.5 Å². The first kappa shape index (κ1) is 26.8. The molecule has 0 atom stereocenters. The topological polar surface area (TPSA) is 75.2 Å². The predicted molar refractivity (Wildman–Crippen MR) is 143 cm³/mol. The Hall–Kier alpha value is -2.49. The smallest absolute Gasteiger partial charge is 0.253 e. The summed E-state index contributed by atoms with van der Waals surface area (Å²) in [7, 11) is 3.50. The molecule has 2 aromatic carbocycles. The minimum Gasteiger partial charge on any atom is -0.486 e. The molecule has 0 aromatic heterocycles. The zero-order valence-corrected chi connectivity index (χ0v) is 22.4. The lowest BCUT2D eigenvalue weighted by molar-refractivity contribution is 0.0827. The van der Waals surface area contributed by atoms with Gasteiger partial charge in [-0.15, -0.1) is 24.0 Å². The van der Waals surface area contributed by atoms with E-state index in [4.69, 9.17) is 14.5 Å².